The normalized spacial score (nSPS) is 45.8. The van der Waals surface area contributed by atoms with Gasteiger partial charge in [0, 0.05) is 5.92 Å². The molecule has 0 amide bonds. The zero-order valence-electron chi connectivity index (χ0n) is 6.80. The minimum atomic E-state index is -0.308. The maximum atomic E-state index is 9.85. The summed E-state index contributed by atoms with van der Waals surface area (Å²) in [6.45, 7) is 3.14. The van der Waals surface area contributed by atoms with Crippen molar-refractivity contribution in [1.29, 1.82) is 0 Å². The fourth-order valence-electron chi connectivity index (χ4n) is 1.80. The first kappa shape index (κ1) is 7.94. The van der Waals surface area contributed by atoms with E-state index in [0.29, 0.717) is 19.1 Å². The van der Waals surface area contributed by atoms with Gasteiger partial charge in [-0.1, -0.05) is 6.92 Å². The highest BCUT2D eigenvalue weighted by molar-refractivity contribution is 4.92. The van der Waals surface area contributed by atoms with Gasteiger partial charge in [0.25, 0.3) is 0 Å². The Bertz CT molecular complexity index is 186. The third-order valence-corrected chi connectivity index (χ3v) is 2.43. The van der Waals surface area contributed by atoms with E-state index in [-0.39, 0.29) is 18.3 Å². The molecule has 0 N–H and O–H groups in total. The van der Waals surface area contributed by atoms with Gasteiger partial charge in [-0.25, -0.2) is 0 Å². The van der Waals surface area contributed by atoms with E-state index in [1.165, 1.54) is 0 Å². The molecule has 2 saturated heterocycles. The second-order valence-corrected chi connectivity index (χ2v) is 3.29. The Morgan fingerprint density at radius 2 is 2.08 bits per heavy atom. The SMILES string of the molecule is C[C@H]1CO[C@H]2[C@@H]1OC[C@H]2ON=O. The molecule has 0 spiro atoms. The fraction of sp³-hybridized carbons (Fsp3) is 1.00. The van der Waals surface area contributed by atoms with Gasteiger partial charge >= 0.3 is 0 Å². The minimum Gasteiger partial charge on any atom is -0.371 e. The summed E-state index contributed by atoms with van der Waals surface area (Å²) in [5.74, 6) is 0.384. The molecule has 2 aliphatic rings. The Morgan fingerprint density at radius 1 is 1.33 bits per heavy atom. The van der Waals surface area contributed by atoms with Gasteiger partial charge in [-0.3, -0.25) is 0 Å². The van der Waals surface area contributed by atoms with Crippen LogP contribution in [0.3, 0.4) is 0 Å². The molecule has 2 heterocycles. The molecule has 12 heavy (non-hydrogen) atoms. The van der Waals surface area contributed by atoms with Crippen LogP contribution >= 0.6 is 0 Å². The highest BCUT2D eigenvalue weighted by Crippen LogP contribution is 2.32. The number of ether oxygens (including phenoxy) is 2. The Kier molecular flexibility index (Phi) is 1.98. The maximum Gasteiger partial charge on any atom is 0.182 e. The van der Waals surface area contributed by atoms with E-state index < -0.39 is 0 Å². The van der Waals surface area contributed by atoms with Crippen LogP contribution in [-0.2, 0) is 14.3 Å². The van der Waals surface area contributed by atoms with Crippen LogP contribution in [0.5, 0.6) is 0 Å². The van der Waals surface area contributed by atoms with E-state index in [1.807, 2.05) is 0 Å². The van der Waals surface area contributed by atoms with E-state index >= 15 is 0 Å². The Labute approximate surface area is 69.9 Å². The third-order valence-electron chi connectivity index (χ3n) is 2.43. The van der Waals surface area contributed by atoms with Gasteiger partial charge in [-0.2, -0.15) is 0 Å². The van der Waals surface area contributed by atoms with Crippen LogP contribution in [-0.4, -0.2) is 31.5 Å². The van der Waals surface area contributed by atoms with Gasteiger partial charge in [0.15, 0.2) is 11.4 Å². The molecule has 5 heteroatoms. The van der Waals surface area contributed by atoms with Crippen molar-refractivity contribution in [3.63, 3.8) is 0 Å². The van der Waals surface area contributed by atoms with Crippen molar-refractivity contribution in [3.8, 4) is 0 Å². The average molecular weight is 173 g/mol. The topological polar surface area (TPSA) is 57.1 Å². The first-order valence-corrected chi connectivity index (χ1v) is 4.04. The molecule has 68 valence electrons. The first-order chi connectivity index (χ1) is 5.83. The summed E-state index contributed by atoms with van der Waals surface area (Å²) in [7, 11) is 0. The first-order valence-electron chi connectivity index (χ1n) is 4.04. The smallest absolute Gasteiger partial charge is 0.182 e. The summed E-state index contributed by atoms with van der Waals surface area (Å²) in [4.78, 5) is 14.4. The molecule has 2 rings (SSSR count). The molecule has 0 aromatic rings. The van der Waals surface area contributed by atoms with Crippen LogP contribution in [0, 0.1) is 10.8 Å². The van der Waals surface area contributed by atoms with Gasteiger partial charge in [0.1, 0.15) is 6.10 Å². The van der Waals surface area contributed by atoms with Gasteiger partial charge < -0.3 is 14.3 Å². The Morgan fingerprint density at radius 3 is 2.83 bits per heavy atom. The molecular weight excluding hydrogens is 162 g/mol. The second-order valence-electron chi connectivity index (χ2n) is 3.29. The number of rotatable bonds is 2. The Balaban J connectivity index is 2.00. The fourth-order valence-corrected chi connectivity index (χ4v) is 1.80. The zero-order valence-corrected chi connectivity index (χ0v) is 6.80. The van der Waals surface area contributed by atoms with Crippen molar-refractivity contribution < 1.29 is 14.3 Å². The van der Waals surface area contributed by atoms with Crippen LogP contribution < -0.4 is 0 Å². The van der Waals surface area contributed by atoms with Gasteiger partial charge in [-0.05, 0) is 0 Å². The molecular formula is C7H11NO4. The molecule has 4 atom stereocenters. The molecule has 5 nitrogen and oxygen atoms in total. The van der Waals surface area contributed by atoms with Crippen molar-refractivity contribution in [2.45, 2.75) is 25.2 Å². The molecule has 0 aliphatic carbocycles. The second kappa shape index (κ2) is 2.99. The molecule has 0 aromatic heterocycles. The summed E-state index contributed by atoms with van der Waals surface area (Å²) in [6, 6.07) is 0. The molecule has 0 unspecified atom stereocenters. The standard InChI is InChI=1S/C7H11NO4/c1-4-2-10-7-5(12-8-9)3-11-6(4)7/h4-7H,2-3H2,1H3/t4-,5+,6+,7+/m0/s1. The van der Waals surface area contributed by atoms with Gasteiger partial charge in [0.2, 0.25) is 0 Å². The lowest BCUT2D eigenvalue weighted by atomic mass is 10.0. The lowest BCUT2D eigenvalue weighted by Crippen LogP contribution is -2.29. The summed E-state index contributed by atoms with van der Waals surface area (Å²) >= 11 is 0. The van der Waals surface area contributed by atoms with E-state index in [0.717, 1.165) is 0 Å². The monoisotopic (exact) mass is 173 g/mol. The molecule has 0 radical (unpaired) electrons. The highest BCUT2D eigenvalue weighted by Gasteiger charge is 2.47. The number of hydrogen-bond acceptors (Lipinski definition) is 5. The van der Waals surface area contributed by atoms with Crippen molar-refractivity contribution in [1.82, 2.24) is 0 Å². The lowest BCUT2D eigenvalue weighted by Gasteiger charge is -2.11. The summed E-state index contributed by atoms with van der Waals surface area (Å²) < 4.78 is 10.8. The molecule has 2 aliphatic heterocycles. The van der Waals surface area contributed by atoms with Crippen LogP contribution in [0.15, 0.2) is 5.34 Å². The van der Waals surface area contributed by atoms with Crippen molar-refractivity contribution in [2.24, 2.45) is 11.3 Å². The number of nitrogens with zero attached hydrogens (tertiary/aromatic N) is 1. The van der Waals surface area contributed by atoms with Crippen molar-refractivity contribution in [2.75, 3.05) is 13.2 Å². The van der Waals surface area contributed by atoms with Crippen LogP contribution in [0.4, 0.5) is 0 Å². The molecule has 0 aromatic carbocycles. The molecule has 0 bridgehead atoms. The zero-order chi connectivity index (χ0) is 8.55. The molecule has 0 saturated carbocycles. The van der Waals surface area contributed by atoms with E-state index in [2.05, 4.69) is 17.1 Å². The Hall–Kier alpha value is -0.680. The lowest BCUT2D eigenvalue weighted by molar-refractivity contribution is -0.0321. The van der Waals surface area contributed by atoms with Crippen molar-refractivity contribution in [3.05, 3.63) is 4.91 Å². The largest absolute Gasteiger partial charge is 0.371 e. The van der Waals surface area contributed by atoms with E-state index in [1.54, 1.807) is 0 Å². The summed E-state index contributed by atoms with van der Waals surface area (Å²) in [5, 5.41) is 2.39. The van der Waals surface area contributed by atoms with E-state index in [9.17, 15) is 4.91 Å². The van der Waals surface area contributed by atoms with Gasteiger partial charge in [-0.15, -0.1) is 4.91 Å². The predicted molar refractivity (Wildman–Crippen MR) is 39.3 cm³/mol. The van der Waals surface area contributed by atoms with E-state index in [4.69, 9.17) is 9.47 Å². The van der Waals surface area contributed by atoms with Crippen LogP contribution in [0.1, 0.15) is 6.92 Å². The minimum absolute atomic E-state index is 0.0803. The average Bonchev–Trinajstić information content (AvgIpc) is 2.58. The van der Waals surface area contributed by atoms with Crippen molar-refractivity contribution >= 4 is 0 Å². The highest BCUT2D eigenvalue weighted by atomic mass is 16.7. The predicted octanol–water partition coefficient (Wildman–Crippen LogP) is 0.487. The third kappa shape index (κ3) is 1.09. The van der Waals surface area contributed by atoms with Crippen LogP contribution in [0.25, 0.3) is 0 Å². The number of hydrogen-bond donors (Lipinski definition) is 0. The summed E-state index contributed by atoms with van der Waals surface area (Å²) in [6.07, 6.45) is -0.327. The maximum absolute atomic E-state index is 9.85. The number of fused-ring (bicyclic) bond motifs is 1. The van der Waals surface area contributed by atoms with Gasteiger partial charge in [0.05, 0.1) is 19.3 Å². The quantitative estimate of drug-likeness (QED) is 0.450. The molecule has 2 fully saturated rings. The van der Waals surface area contributed by atoms with Crippen LogP contribution in [0.2, 0.25) is 0 Å². The summed E-state index contributed by atoms with van der Waals surface area (Å²) in [5.41, 5.74) is 0.